The first kappa shape index (κ1) is 19.7. The van der Waals surface area contributed by atoms with E-state index >= 15 is 0 Å². The summed E-state index contributed by atoms with van der Waals surface area (Å²) in [5.41, 5.74) is 1.39. The Morgan fingerprint density at radius 1 is 1.20 bits per heavy atom. The van der Waals surface area contributed by atoms with E-state index in [-0.39, 0.29) is 17.9 Å². The normalized spacial score (nSPS) is 18.5. The topological polar surface area (TPSA) is 37.4 Å². The second-order valence-corrected chi connectivity index (χ2v) is 7.79. The third-order valence-electron chi connectivity index (χ3n) is 5.21. The van der Waals surface area contributed by atoms with E-state index in [2.05, 4.69) is 44.2 Å². The van der Waals surface area contributed by atoms with Gasteiger partial charge >= 0.3 is 0 Å². The van der Waals surface area contributed by atoms with Crippen molar-refractivity contribution in [1.82, 2.24) is 4.90 Å². The minimum absolute atomic E-state index is 0.0808. The second-order valence-electron chi connectivity index (χ2n) is 7.79. The molecule has 0 bridgehead atoms. The first-order valence-corrected chi connectivity index (χ1v) is 9.91. The fourth-order valence-electron chi connectivity index (χ4n) is 3.89. The van der Waals surface area contributed by atoms with E-state index in [1.54, 1.807) is 0 Å². The number of benzene rings is 1. The molecule has 0 radical (unpaired) electrons. The zero-order valence-electron chi connectivity index (χ0n) is 15.8. The van der Waals surface area contributed by atoms with Crippen molar-refractivity contribution in [3.05, 3.63) is 35.9 Å². The van der Waals surface area contributed by atoms with E-state index in [0.717, 1.165) is 57.8 Å². The van der Waals surface area contributed by atoms with E-state index in [0.29, 0.717) is 5.92 Å². The highest BCUT2D eigenvalue weighted by molar-refractivity contribution is 5.82. The van der Waals surface area contributed by atoms with E-state index in [1.165, 1.54) is 12.0 Å². The molecule has 138 valence electrons. The maximum atomic E-state index is 12.9. The highest BCUT2D eigenvalue weighted by Gasteiger charge is 2.32. The molecule has 1 fully saturated rings. The van der Waals surface area contributed by atoms with Gasteiger partial charge in [0.15, 0.2) is 0 Å². The van der Waals surface area contributed by atoms with Crippen LogP contribution in [0, 0.1) is 11.8 Å². The molecule has 1 aliphatic heterocycles. The lowest BCUT2D eigenvalue weighted by Gasteiger charge is -2.27. The first-order valence-electron chi connectivity index (χ1n) is 9.91. The zero-order chi connectivity index (χ0) is 18.1. The van der Waals surface area contributed by atoms with Gasteiger partial charge in [-0.15, -0.1) is 0 Å². The van der Waals surface area contributed by atoms with Crippen molar-refractivity contribution in [2.45, 2.75) is 71.3 Å². The predicted octanol–water partition coefficient (Wildman–Crippen LogP) is 4.64. The predicted molar refractivity (Wildman–Crippen MR) is 102 cm³/mol. The molecule has 1 aliphatic rings. The minimum Gasteiger partial charge on any atom is -0.333 e. The lowest BCUT2D eigenvalue weighted by molar-refractivity contribution is -0.139. The molecule has 1 aromatic rings. The van der Waals surface area contributed by atoms with Crippen molar-refractivity contribution >= 4 is 12.2 Å². The number of aldehydes is 1. The van der Waals surface area contributed by atoms with Crippen LogP contribution in [0.15, 0.2) is 30.3 Å². The fraction of sp³-hybridized carbons (Fsp3) is 0.636. The van der Waals surface area contributed by atoms with Crippen LogP contribution in [0.1, 0.15) is 64.4 Å². The number of aryl methyl sites for hydroxylation is 1. The van der Waals surface area contributed by atoms with Crippen LogP contribution < -0.4 is 0 Å². The molecular formula is C22H33NO2. The van der Waals surface area contributed by atoms with E-state index in [1.807, 2.05) is 4.90 Å². The third kappa shape index (κ3) is 6.30. The molecule has 1 heterocycles. The molecular weight excluding hydrogens is 310 g/mol. The van der Waals surface area contributed by atoms with Crippen LogP contribution in [0.4, 0.5) is 0 Å². The Labute approximate surface area is 152 Å². The summed E-state index contributed by atoms with van der Waals surface area (Å²) in [5, 5.41) is 0. The van der Waals surface area contributed by atoms with Gasteiger partial charge in [0.25, 0.3) is 0 Å². The summed E-state index contributed by atoms with van der Waals surface area (Å²) in [5.74, 6) is 0.805. The zero-order valence-corrected chi connectivity index (χ0v) is 15.8. The van der Waals surface area contributed by atoms with Crippen LogP contribution in [0.2, 0.25) is 0 Å². The number of nitrogens with zero attached hydrogens (tertiary/aromatic N) is 1. The molecule has 0 aromatic heterocycles. The number of likely N-dealkylation sites (tertiary alicyclic amines) is 1. The number of hydrogen-bond donors (Lipinski definition) is 0. The highest BCUT2D eigenvalue weighted by Crippen LogP contribution is 2.25. The molecule has 1 aromatic carbocycles. The summed E-state index contributed by atoms with van der Waals surface area (Å²) in [7, 11) is 0. The summed E-state index contributed by atoms with van der Waals surface area (Å²) in [6.45, 7) is 5.11. The Balaban J connectivity index is 1.79. The van der Waals surface area contributed by atoms with Gasteiger partial charge in [-0.25, -0.2) is 0 Å². The van der Waals surface area contributed by atoms with Gasteiger partial charge in [-0.1, -0.05) is 57.0 Å². The van der Waals surface area contributed by atoms with Gasteiger partial charge in [-0.2, -0.15) is 0 Å². The van der Waals surface area contributed by atoms with Crippen molar-refractivity contribution in [3.8, 4) is 0 Å². The van der Waals surface area contributed by atoms with Crippen LogP contribution >= 0.6 is 0 Å². The lowest BCUT2D eigenvalue weighted by atomic mass is 9.90. The molecule has 25 heavy (non-hydrogen) atoms. The Hall–Kier alpha value is -1.64. The largest absolute Gasteiger partial charge is 0.333 e. The Bertz CT molecular complexity index is 526. The maximum absolute atomic E-state index is 12.9. The molecule has 0 N–H and O–H groups in total. The van der Waals surface area contributed by atoms with Gasteiger partial charge in [0.1, 0.15) is 6.29 Å². The van der Waals surface area contributed by atoms with Crippen LogP contribution in [-0.4, -0.2) is 29.7 Å². The van der Waals surface area contributed by atoms with Crippen molar-refractivity contribution in [1.29, 1.82) is 0 Å². The standard InChI is InChI=1S/C22H33NO2/c1-18(2)16-20(22(25)23-15-9-14-21(23)17-24)13-8-4-7-12-19-10-5-3-6-11-19/h3,5-6,10-11,17-18,20-21H,4,7-9,12-16H2,1-2H3/t20?,21-/m0/s1. The number of rotatable bonds is 10. The Morgan fingerprint density at radius 2 is 1.96 bits per heavy atom. The minimum atomic E-state index is -0.180. The molecule has 3 nitrogen and oxygen atoms in total. The van der Waals surface area contributed by atoms with Crippen LogP contribution in [0.25, 0.3) is 0 Å². The van der Waals surface area contributed by atoms with Gasteiger partial charge in [0.05, 0.1) is 6.04 Å². The average molecular weight is 344 g/mol. The third-order valence-corrected chi connectivity index (χ3v) is 5.21. The Kier molecular flexibility index (Phi) is 8.17. The molecule has 0 spiro atoms. The van der Waals surface area contributed by atoms with E-state index < -0.39 is 0 Å². The summed E-state index contributed by atoms with van der Waals surface area (Å²) in [6.07, 6.45) is 9.17. The van der Waals surface area contributed by atoms with Gasteiger partial charge in [-0.3, -0.25) is 4.79 Å². The second kappa shape index (κ2) is 10.4. The number of hydrogen-bond acceptors (Lipinski definition) is 2. The highest BCUT2D eigenvalue weighted by atomic mass is 16.2. The van der Waals surface area contributed by atoms with E-state index in [9.17, 15) is 9.59 Å². The number of amides is 1. The number of carbonyl (C=O) groups is 2. The summed E-state index contributed by atoms with van der Waals surface area (Å²) >= 11 is 0. The number of unbranched alkanes of at least 4 members (excludes halogenated alkanes) is 2. The molecule has 1 unspecified atom stereocenters. The van der Waals surface area contributed by atoms with E-state index in [4.69, 9.17) is 0 Å². The van der Waals surface area contributed by atoms with Gasteiger partial charge < -0.3 is 9.69 Å². The summed E-state index contributed by atoms with van der Waals surface area (Å²) < 4.78 is 0. The maximum Gasteiger partial charge on any atom is 0.226 e. The molecule has 2 rings (SSSR count). The Morgan fingerprint density at radius 3 is 2.64 bits per heavy atom. The van der Waals surface area contributed by atoms with Gasteiger partial charge in [0, 0.05) is 12.5 Å². The molecule has 1 amide bonds. The van der Waals surface area contributed by atoms with Crippen molar-refractivity contribution in [2.75, 3.05) is 6.54 Å². The van der Waals surface area contributed by atoms with Gasteiger partial charge in [-0.05, 0) is 50.0 Å². The van der Waals surface area contributed by atoms with Crippen LogP contribution in [0.3, 0.4) is 0 Å². The molecule has 3 heteroatoms. The fourth-order valence-corrected chi connectivity index (χ4v) is 3.89. The quantitative estimate of drug-likeness (QED) is 0.458. The average Bonchev–Trinajstić information content (AvgIpc) is 3.09. The van der Waals surface area contributed by atoms with Crippen molar-refractivity contribution in [2.24, 2.45) is 11.8 Å². The smallest absolute Gasteiger partial charge is 0.226 e. The first-order chi connectivity index (χ1) is 12.1. The van der Waals surface area contributed by atoms with Crippen LogP contribution in [0.5, 0.6) is 0 Å². The lowest BCUT2D eigenvalue weighted by Crippen LogP contribution is -2.40. The number of carbonyl (C=O) groups excluding carboxylic acids is 2. The molecule has 2 atom stereocenters. The molecule has 0 saturated carbocycles. The molecule has 0 aliphatic carbocycles. The summed E-state index contributed by atoms with van der Waals surface area (Å²) in [4.78, 5) is 25.9. The molecule has 1 saturated heterocycles. The SMILES string of the molecule is CC(C)CC(CCCCCc1ccccc1)C(=O)N1CCC[C@H]1C=O. The van der Waals surface area contributed by atoms with Crippen LogP contribution in [-0.2, 0) is 16.0 Å². The van der Waals surface area contributed by atoms with Crippen molar-refractivity contribution < 1.29 is 9.59 Å². The summed E-state index contributed by atoms with van der Waals surface area (Å²) in [6, 6.07) is 10.4. The monoisotopic (exact) mass is 343 g/mol. The van der Waals surface area contributed by atoms with Crippen molar-refractivity contribution in [3.63, 3.8) is 0 Å². The van der Waals surface area contributed by atoms with Gasteiger partial charge in [0.2, 0.25) is 5.91 Å².